The third kappa shape index (κ3) is 8.49. The second-order valence-corrected chi connectivity index (χ2v) is 11.4. The molecule has 3 amide bonds. The fourth-order valence-electron chi connectivity index (χ4n) is 5.07. The number of benzene rings is 2. The van der Waals surface area contributed by atoms with Crippen molar-refractivity contribution in [2.45, 2.75) is 70.1 Å². The molecule has 0 radical (unpaired) electrons. The van der Waals surface area contributed by atoms with Crippen LogP contribution in [0.1, 0.15) is 44.7 Å². The molecule has 0 bridgehead atoms. The molecule has 2 aromatic rings. The Morgan fingerprint density at radius 3 is 2.40 bits per heavy atom. The fraction of sp³-hybridized carbons (Fsp3) is 0.500. The summed E-state index contributed by atoms with van der Waals surface area (Å²) >= 11 is 6.19. The number of nitrogens with two attached hydrogens (primary N) is 1. The van der Waals surface area contributed by atoms with Crippen molar-refractivity contribution in [3.63, 3.8) is 0 Å². The van der Waals surface area contributed by atoms with E-state index in [0.717, 1.165) is 24.0 Å². The normalized spacial score (nSPS) is 17.7. The summed E-state index contributed by atoms with van der Waals surface area (Å²) < 4.78 is 13.5. The second kappa shape index (κ2) is 14.1. The Morgan fingerprint density at radius 1 is 1.10 bits per heavy atom. The van der Waals surface area contributed by atoms with Gasteiger partial charge in [-0.2, -0.15) is 0 Å². The Bertz CT molecular complexity index is 1170. The molecule has 1 saturated heterocycles. The van der Waals surface area contributed by atoms with E-state index in [4.69, 9.17) is 17.3 Å². The van der Waals surface area contributed by atoms with Gasteiger partial charge in [-0.25, -0.2) is 4.39 Å². The van der Waals surface area contributed by atoms with Gasteiger partial charge in [0.1, 0.15) is 11.9 Å². The lowest BCUT2D eigenvalue weighted by molar-refractivity contribution is -0.143. The predicted molar refractivity (Wildman–Crippen MR) is 155 cm³/mol. The van der Waals surface area contributed by atoms with Crippen molar-refractivity contribution in [2.24, 2.45) is 5.73 Å². The van der Waals surface area contributed by atoms with E-state index in [1.807, 2.05) is 23.1 Å². The van der Waals surface area contributed by atoms with Gasteiger partial charge in [-0.3, -0.25) is 19.3 Å². The van der Waals surface area contributed by atoms with Crippen molar-refractivity contribution in [1.82, 2.24) is 20.4 Å². The average molecular weight is 574 g/mol. The van der Waals surface area contributed by atoms with Crippen LogP contribution in [0.4, 0.5) is 4.39 Å². The minimum absolute atomic E-state index is 0.0957. The van der Waals surface area contributed by atoms with Crippen molar-refractivity contribution in [1.29, 1.82) is 0 Å². The topological polar surface area (TPSA) is 108 Å². The quantitative estimate of drug-likeness (QED) is 0.383. The van der Waals surface area contributed by atoms with Crippen LogP contribution in [0.15, 0.2) is 48.5 Å². The lowest BCUT2D eigenvalue weighted by atomic mass is 9.97. The number of likely N-dealkylation sites (N-methyl/N-ethyl adjacent to an activating group) is 1. The number of nitrogens with one attached hydrogen (secondary N) is 2. The van der Waals surface area contributed by atoms with Gasteiger partial charge in [-0.1, -0.05) is 49.2 Å². The number of hydrogen-bond donors (Lipinski definition) is 3. The van der Waals surface area contributed by atoms with Gasteiger partial charge < -0.3 is 21.3 Å². The fourth-order valence-corrected chi connectivity index (χ4v) is 5.29. The van der Waals surface area contributed by atoms with Crippen LogP contribution >= 0.6 is 11.6 Å². The molecule has 1 heterocycles. The molecule has 3 atom stereocenters. The lowest BCUT2D eigenvalue weighted by Crippen LogP contribution is -2.64. The van der Waals surface area contributed by atoms with Gasteiger partial charge in [0.2, 0.25) is 17.7 Å². The molecular weight excluding hydrogens is 533 g/mol. The van der Waals surface area contributed by atoms with Crippen LogP contribution in [0.5, 0.6) is 0 Å². The maximum Gasteiger partial charge on any atom is 0.245 e. The molecule has 3 rings (SSSR count). The zero-order valence-corrected chi connectivity index (χ0v) is 24.5. The van der Waals surface area contributed by atoms with Gasteiger partial charge in [0.05, 0.1) is 11.6 Å². The molecule has 1 aliphatic rings. The van der Waals surface area contributed by atoms with Crippen molar-refractivity contribution in [3.8, 4) is 0 Å². The van der Waals surface area contributed by atoms with Crippen LogP contribution in [0, 0.1) is 5.82 Å². The minimum atomic E-state index is -1.18. The summed E-state index contributed by atoms with van der Waals surface area (Å²) in [5, 5.41) is 6.24. The average Bonchev–Trinajstić information content (AvgIpc) is 2.91. The maximum atomic E-state index is 14.0. The highest BCUT2D eigenvalue weighted by Crippen LogP contribution is 2.22. The Labute approximate surface area is 241 Å². The predicted octanol–water partition coefficient (Wildman–Crippen LogP) is 2.91. The highest BCUT2D eigenvalue weighted by Gasteiger charge is 2.38. The van der Waals surface area contributed by atoms with Crippen molar-refractivity contribution < 1.29 is 18.8 Å². The van der Waals surface area contributed by atoms with E-state index in [1.165, 1.54) is 12.1 Å². The van der Waals surface area contributed by atoms with Crippen molar-refractivity contribution >= 4 is 29.3 Å². The Hall–Kier alpha value is -3.01. The van der Waals surface area contributed by atoms with E-state index >= 15 is 0 Å². The second-order valence-electron chi connectivity index (χ2n) is 11.0. The number of hydrogen-bond acceptors (Lipinski definition) is 5. The molecule has 1 fully saturated rings. The molecule has 3 unspecified atom stereocenters. The maximum absolute atomic E-state index is 14.0. The summed E-state index contributed by atoms with van der Waals surface area (Å²) in [5.74, 6) is -1.13. The van der Waals surface area contributed by atoms with Crippen LogP contribution in [0.3, 0.4) is 0 Å². The monoisotopic (exact) mass is 573 g/mol. The minimum Gasteiger partial charge on any atom is -0.358 e. The van der Waals surface area contributed by atoms with E-state index in [1.54, 1.807) is 39.1 Å². The van der Waals surface area contributed by atoms with Gasteiger partial charge in [0.25, 0.3) is 0 Å². The SMILES string of the molecule is CCCC1CN(C(Cc2cccc(Cl)c2)C(=O)NC)CCN1C(=O)C(Cc1ccc(F)cc1)NC(=O)C(C)(C)N. The van der Waals surface area contributed by atoms with Gasteiger partial charge >= 0.3 is 0 Å². The molecular formula is C30H41ClFN5O3. The summed E-state index contributed by atoms with van der Waals surface area (Å²) in [4.78, 5) is 43.7. The van der Waals surface area contributed by atoms with Crippen LogP contribution in [0.2, 0.25) is 5.02 Å². The summed E-state index contributed by atoms with van der Waals surface area (Å²) in [7, 11) is 1.62. The number of carbonyl (C=O) groups is 3. The van der Waals surface area contributed by atoms with Crippen LogP contribution in [-0.4, -0.2) is 77.9 Å². The van der Waals surface area contributed by atoms with E-state index < -0.39 is 23.5 Å². The molecule has 0 spiro atoms. The summed E-state index contributed by atoms with van der Waals surface area (Å²) in [6.07, 6.45) is 2.27. The number of amides is 3. The molecule has 10 heteroatoms. The lowest BCUT2D eigenvalue weighted by Gasteiger charge is -2.45. The van der Waals surface area contributed by atoms with Crippen LogP contribution in [-0.2, 0) is 27.2 Å². The van der Waals surface area contributed by atoms with E-state index in [2.05, 4.69) is 22.5 Å². The molecule has 0 saturated carbocycles. The molecule has 4 N–H and O–H groups in total. The van der Waals surface area contributed by atoms with Gasteiger partial charge in [0, 0.05) is 44.2 Å². The number of halogens is 2. The van der Waals surface area contributed by atoms with E-state index in [9.17, 15) is 18.8 Å². The first-order chi connectivity index (χ1) is 18.9. The molecule has 0 aliphatic carbocycles. The highest BCUT2D eigenvalue weighted by atomic mass is 35.5. The third-order valence-electron chi connectivity index (χ3n) is 7.27. The standard InChI is InChI=1S/C30H41ClFN5O3/c1-5-7-24-19-36(26(27(38)34-4)18-21-8-6-9-22(31)16-21)14-15-37(24)28(39)25(35-29(40)30(2,3)33)17-20-10-12-23(32)13-11-20/h6,8-13,16,24-26H,5,7,14-15,17-19,33H2,1-4H3,(H,34,38)(H,35,40). The summed E-state index contributed by atoms with van der Waals surface area (Å²) in [6.45, 7) is 6.62. The number of rotatable bonds is 11. The summed E-state index contributed by atoms with van der Waals surface area (Å²) in [6, 6.07) is 11.9. The van der Waals surface area contributed by atoms with E-state index in [0.29, 0.717) is 31.1 Å². The van der Waals surface area contributed by atoms with Crippen molar-refractivity contribution in [2.75, 3.05) is 26.7 Å². The first-order valence-corrected chi connectivity index (χ1v) is 14.2. The Kier molecular flexibility index (Phi) is 11.1. The molecule has 1 aliphatic heterocycles. The molecule has 0 aromatic heterocycles. The molecule has 218 valence electrons. The van der Waals surface area contributed by atoms with Crippen LogP contribution in [0.25, 0.3) is 0 Å². The smallest absolute Gasteiger partial charge is 0.245 e. The Balaban J connectivity index is 1.84. The molecule has 2 aromatic carbocycles. The number of carbonyl (C=O) groups excluding carboxylic acids is 3. The molecule has 8 nitrogen and oxygen atoms in total. The van der Waals surface area contributed by atoms with Crippen LogP contribution < -0.4 is 16.4 Å². The number of nitrogens with zero attached hydrogens (tertiary/aromatic N) is 2. The Morgan fingerprint density at radius 2 is 1.80 bits per heavy atom. The van der Waals surface area contributed by atoms with Gasteiger partial charge in [0.15, 0.2) is 0 Å². The van der Waals surface area contributed by atoms with Gasteiger partial charge in [-0.15, -0.1) is 0 Å². The largest absolute Gasteiger partial charge is 0.358 e. The third-order valence-corrected chi connectivity index (χ3v) is 7.50. The first kappa shape index (κ1) is 31.5. The zero-order chi connectivity index (χ0) is 29.4. The van der Waals surface area contributed by atoms with Crippen molar-refractivity contribution in [3.05, 3.63) is 70.5 Å². The van der Waals surface area contributed by atoms with E-state index in [-0.39, 0.29) is 30.1 Å². The first-order valence-electron chi connectivity index (χ1n) is 13.8. The summed E-state index contributed by atoms with van der Waals surface area (Å²) in [5.41, 5.74) is 6.52. The highest BCUT2D eigenvalue weighted by molar-refractivity contribution is 6.30. The zero-order valence-electron chi connectivity index (χ0n) is 23.8. The van der Waals surface area contributed by atoms with Gasteiger partial charge in [-0.05, 0) is 62.1 Å². The molecule has 40 heavy (non-hydrogen) atoms. The number of piperazine rings is 1.